The summed E-state index contributed by atoms with van der Waals surface area (Å²) in [7, 11) is 0. The van der Waals surface area contributed by atoms with Gasteiger partial charge in [0.05, 0.1) is 5.56 Å². The van der Waals surface area contributed by atoms with Crippen molar-refractivity contribution in [3.05, 3.63) is 113 Å². The third kappa shape index (κ3) is 4.29. The fraction of sp³-hybridized carbons (Fsp3) is 0.233. The fourth-order valence-electron chi connectivity index (χ4n) is 5.12. The molecule has 0 fully saturated rings. The standard InChI is InChI=1S/C30H29NO3/c1-19-16-22(14-15-24(19)30(32)33)28-17-23(34-29-13-6-5-11-27(28)29)18-31-20(2)25-12-7-9-21-8-3-4-10-26(21)25/h3-16,20,23,28,31H,17-18H2,1-2H3,(H,32,33)/t20?,23-,28+/m1/s1. The highest BCUT2D eigenvalue weighted by Crippen LogP contribution is 2.40. The van der Waals surface area contributed by atoms with Crippen molar-refractivity contribution in [3.8, 4) is 5.75 Å². The van der Waals surface area contributed by atoms with Crippen LogP contribution in [0.15, 0.2) is 84.9 Å². The maximum absolute atomic E-state index is 11.5. The van der Waals surface area contributed by atoms with Crippen molar-refractivity contribution in [3.63, 3.8) is 0 Å². The van der Waals surface area contributed by atoms with Crippen LogP contribution in [0.5, 0.6) is 5.75 Å². The predicted molar refractivity (Wildman–Crippen MR) is 136 cm³/mol. The maximum atomic E-state index is 11.5. The van der Waals surface area contributed by atoms with E-state index in [2.05, 4.69) is 60.8 Å². The van der Waals surface area contributed by atoms with Crippen molar-refractivity contribution >= 4 is 16.7 Å². The SMILES string of the molecule is Cc1cc([C@@H]2C[C@H](CNC(C)c3cccc4ccccc34)Oc3ccccc32)ccc1C(=O)O. The minimum absolute atomic E-state index is 0.0109. The van der Waals surface area contributed by atoms with Crippen LogP contribution in [0.25, 0.3) is 10.8 Å². The van der Waals surface area contributed by atoms with E-state index in [0.29, 0.717) is 5.56 Å². The van der Waals surface area contributed by atoms with Crippen molar-refractivity contribution in [2.75, 3.05) is 6.54 Å². The first-order valence-electron chi connectivity index (χ1n) is 11.8. The normalized spacial score (nSPS) is 18.2. The molecule has 1 aliphatic heterocycles. The Kier molecular flexibility index (Phi) is 6.08. The van der Waals surface area contributed by atoms with Crippen molar-refractivity contribution in [1.29, 1.82) is 0 Å². The van der Waals surface area contributed by atoms with Gasteiger partial charge in [0.25, 0.3) is 0 Å². The molecule has 1 unspecified atom stereocenters. The summed E-state index contributed by atoms with van der Waals surface area (Å²) in [6, 6.07) is 29.0. The first kappa shape index (κ1) is 22.2. The number of nitrogens with one attached hydrogen (secondary N) is 1. The molecule has 4 nitrogen and oxygen atoms in total. The highest BCUT2D eigenvalue weighted by Gasteiger charge is 2.30. The average molecular weight is 452 g/mol. The zero-order chi connectivity index (χ0) is 23.7. The third-order valence-corrected chi connectivity index (χ3v) is 6.91. The van der Waals surface area contributed by atoms with Gasteiger partial charge in [-0.05, 0) is 59.9 Å². The van der Waals surface area contributed by atoms with Gasteiger partial charge in [0.1, 0.15) is 11.9 Å². The molecule has 2 N–H and O–H groups in total. The smallest absolute Gasteiger partial charge is 0.335 e. The Morgan fingerprint density at radius 1 is 1.03 bits per heavy atom. The summed E-state index contributed by atoms with van der Waals surface area (Å²) in [4.78, 5) is 11.5. The van der Waals surface area contributed by atoms with Gasteiger partial charge in [0.2, 0.25) is 0 Å². The van der Waals surface area contributed by atoms with Gasteiger partial charge in [0, 0.05) is 24.1 Å². The second-order valence-electron chi connectivity index (χ2n) is 9.14. The lowest BCUT2D eigenvalue weighted by atomic mass is 9.83. The van der Waals surface area contributed by atoms with Crippen LogP contribution < -0.4 is 10.1 Å². The summed E-state index contributed by atoms with van der Waals surface area (Å²) in [5, 5.41) is 15.6. The fourth-order valence-corrected chi connectivity index (χ4v) is 5.12. The summed E-state index contributed by atoms with van der Waals surface area (Å²) in [5.41, 5.74) is 4.71. The molecule has 1 heterocycles. The molecule has 3 atom stereocenters. The van der Waals surface area contributed by atoms with Crippen molar-refractivity contribution in [1.82, 2.24) is 5.32 Å². The van der Waals surface area contributed by atoms with E-state index in [1.807, 2.05) is 37.3 Å². The molecule has 4 heteroatoms. The molecule has 5 rings (SSSR count). The summed E-state index contributed by atoms with van der Waals surface area (Å²) >= 11 is 0. The number of hydrogen-bond acceptors (Lipinski definition) is 3. The summed E-state index contributed by atoms with van der Waals surface area (Å²) in [5.74, 6) is 0.176. The van der Waals surface area contributed by atoms with E-state index in [4.69, 9.17) is 4.74 Å². The number of benzene rings is 4. The Morgan fingerprint density at radius 2 is 1.79 bits per heavy atom. The lowest BCUT2D eigenvalue weighted by Crippen LogP contribution is -2.37. The molecule has 0 aliphatic carbocycles. The number of ether oxygens (including phenoxy) is 1. The van der Waals surface area contributed by atoms with Gasteiger partial charge in [-0.15, -0.1) is 0 Å². The lowest BCUT2D eigenvalue weighted by molar-refractivity contribution is 0.0696. The monoisotopic (exact) mass is 451 g/mol. The summed E-state index contributed by atoms with van der Waals surface area (Å²) < 4.78 is 6.39. The van der Waals surface area contributed by atoms with Gasteiger partial charge in [-0.25, -0.2) is 4.79 Å². The summed E-state index contributed by atoms with van der Waals surface area (Å²) in [6.45, 7) is 4.79. The molecule has 34 heavy (non-hydrogen) atoms. The van der Waals surface area contributed by atoms with E-state index in [0.717, 1.165) is 35.4 Å². The van der Waals surface area contributed by atoms with Crippen LogP contribution in [0.3, 0.4) is 0 Å². The van der Waals surface area contributed by atoms with Crippen molar-refractivity contribution in [2.45, 2.75) is 38.3 Å². The van der Waals surface area contributed by atoms with Gasteiger partial charge in [-0.1, -0.05) is 72.8 Å². The van der Waals surface area contributed by atoms with E-state index >= 15 is 0 Å². The highest BCUT2D eigenvalue weighted by atomic mass is 16.5. The van der Waals surface area contributed by atoms with Gasteiger partial charge in [-0.2, -0.15) is 0 Å². The van der Waals surface area contributed by atoms with Gasteiger partial charge in [0.15, 0.2) is 0 Å². The Morgan fingerprint density at radius 3 is 2.62 bits per heavy atom. The number of fused-ring (bicyclic) bond motifs is 2. The first-order chi connectivity index (χ1) is 16.5. The molecule has 0 radical (unpaired) electrons. The predicted octanol–water partition coefficient (Wildman–Crippen LogP) is 6.48. The second-order valence-corrected chi connectivity index (χ2v) is 9.14. The minimum atomic E-state index is -0.888. The van der Waals surface area contributed by atoms with E-state index in [-0.39, 0.29) is 18.1 Å². The highest BCUT2D eigenvalue weighted by molar-refractivity contribution is 5.89. The number of para-hydroxylation sites is 1. The van der Waals surface area contributed by atoms with Gasteiger partial charge in [-0.3, -0.25) is 0 Å². The quantitative estimate of drug-likeness (QED) is 0.352. The Labute approximate surface area is 200 Å². The molecule has 4 aromatic rings. The molecule has 0 amide bonds. The van der Waals surface area contributed by atoms with Crippen LogP contribution in [0.2, 0.25) is 0 Å². The number of carbonyl (C=O) groups is 1. The van der Waals surface area contributed by atoms with Crippen LogP contribution in [0.1, 0.15) is 57.9 Å². The Hall–Kier alpha value is -3.63. The maximum Gasteiger partial charge on any atom is 0.335 e. The average Bonchev–Trinajstić information content (AvgIpc) is 2.86. The van der Waals surface area contributed by atoms with Gasteiger partial charge >= 0.3 is 5.97 Å². The minimum Gasteiger partial charge on any atom is -0.489 e. The number of carboxylic acid groups (broad SMARTS) is 1. The molecule has 4 aromatic carbocycles. The first-order valence-corrected chi connectivity index (χ1v) is 11.8. The number of aryl methyl sites for hydroxylation is 1. The molecule has 0 aromatic heterocycles. The van der Waals surface area contributed by atoms with E-state index in [1.54, 1.807) is 6.07 Å². The molecular formula is C30H29NO3. The van der Waals surface area contributed by atoms with E-state index in [1.165, 1.54) is 16.3 Å². The number of rotatable bonds is 6. The van der Waals surface area contributed by atoms with Crippen LogP contribution in [-0.2, 0) is 0 Å². The Bertz CT molecular complexity index is 1340. The topological polar surface area (TPSA) is 58.6 Å². The van der Waals surface area contributed by atoms with E-state index < -0.39 is 5.97 Å². The molecular weight excluding hydrogens is 422 g/mol. The third-order valence-electron chi connectivity index (χ3n) is 6.91. The zero-order valence-corrected chi connectivity index (χ0v) is 19.5. The molecule has 172 valence electrons. The van der Waals surface area contributed by atoms with Crippen LogP contribution in [0, 0.1) is 6.92 Å². The largest absolute Gasteiger partial charge is 0.489 e. The van der Waals surface area contributed by atoms with Crippen LogP contribution in [-0.4, -0.2) is 23.7 Å². The number of hydrogen-bond donors (Lipinski definition) is 2. The molecule has 0 saturated carbocycles. The molecule has 0 bridgehead atoms. The van der Waals surface area contributed by atoms with Crippen molar-refractivity contribution in [2.24, 2.45) is 0 Å². The number of carboxylic acids is 1. The molecule has 0 saturated heterocycles. The Balaban J connectivity index is 1.37. The van der Waals surface area contributed by atoms with E-state index in [9.17, 15) is 9.90 Å². The van der Waals surface area contributed by atoms with Crippen LogP contribution in [0.4, 0.5) is 0 Å². The van der Waals surface area contributed by atoms with Crippen molar-refractivity contribution < 1.29 is 14.6 Å². The van der Waals surface area contributed by atoms with Gasteiger partial charge < -0.3 is 15.2 Å². The summed E-state index contributed by atoms with van der Waals surface area (Å²) in [6.07, 6.45) is 0.842. The second kappa shape index (κ2) is 9.32. The molecule has 0 spiro atoms. The number of aromatic carboxylic acids is 1. The molecule has 1 aliphatic rings. The zero-order valence-electron chi connectivity index (χ0n) is 19.5. The lowest BCUT2D eigenvalue weighted by Gasteiger charge is -2.33. The van der Waals surface area contributed by atoms with Crippen LogP contribution >= 0.6 is 0 Å².